The molecule has 164 valence electrons. The van der Waals surface area contributed by atoms with Gasteiger partial charge in [0.15, 0.2) is 5.16 Å². The first kappa shape index (κ1) is 22.9. The highest BCUT2D eigenvalue weighted by atomic mass is 35.5. The number of carbonyl (C=O) groups excluding carboxylic acids is 1. The number of carbonyl (C=O) groups is 1. The molecular weight excluding hydrogens is 450 g/mol. The minimum absolute atomic E-state index is 0.0977. The minimum Gasteiger partial charge on any atom is -0.492 e. The zero-order valence-corrected chi connectivity index (χ0v) is 18.9. The Morgan fingerprint density at radius 1 is 1.47 bits per heavy atom. The van der Waals surface area contributed by atoms with Crippen LogP contribution < -0.4 is 10.1 Å². The van der Waals surface area contributed by atoms with Crippen LogP contribution in [0.2, 0.25) is 5.02 Å². The molecule has 3 rings (SSSR count). The van der Waals surface area contributed by atoms with E-state index in [-0.39, 0.29) is 28.3 Å². The van der Waals surface area contributed by atoms with Gasteiger partial charge in [0.25, 0.3) is 0 Å². The smallest absolute Gasteiger partial charge is 0.243 e. The maximum absolute atomic E-state index is 13.0. The lowest BCUT2D eigenvalue weighted by Crippen LogP contribution is -2.45. The molecule has 30 heavy (non-hydrogen) atoms. The highest BCUT2D eigenvalue weighted by Crippen LogP contribution is 2.30. The van der Waals surface area contributed by atoms with E-state index in [1.807, 2.05) is 6.92 Å². The Kier molecular flexibility index (Phi) is 7.98. The largest absolute Gasteiger partial charge is 0.492 e. The molecule has 2 N–H and O–H groups in total. The molecule has 0 bridgehead atoms. The molecule has 0 unspecified atom stereocenters. The first-order valence-corrected chi connectivity index (χ1v) is 12.4. The highest BCUT2D eigenvalue weighted by Gasteiger charge is 2.33. The number of amides is 1. The van der Waals surface area contributed by atoms with Gasteiger partial charge < -0.3 is 10.1 Å². The van der Waals surface area contributed by atoms with Crippen LogP contribution in [-0.2, 0) is 14.8 Å². The lowest BCUT2D eigenvalue weighted by atomic mass is 9.99. The normalized spacial score (nSPS) is 17.6. The van der Waals surface area contributed by atoms with Gasteiger partial charge in [-0.15, -0.1) is 0 Å². The molecule has 1 amide bonds. The van der Waals surface area contributed by atoms with E-state index in [1.165, 1.54) is 34.5 Å². The molecular formula is C18H24ClN5O4S2. The van der Waals surface area contributed by atoms with Crippen molar-refractivity contribution in [3.63, 3.8) is 0 Å². The van der Waals surface area contributed by atoms with Gasteiger partial charge in [-0.25, -0.2) is 13.4 Å². The second-order valence-electron chi connectivity index (χ2n) is 6.66. The number of H-pyrrole nitrogens is 1. The van der Waals surface area contributed by atoms with Crippen LogP contribution in [0, 0.1) is 5.92 Å². The van der Waals surface area contributed by atoms with E-state index in [0.29, 0.717) is 49.2 Å². The summed E-state index contributed by atoms with van der Waals surface area (Å²) in [5.74, 6) is 0.553. The number of hydrogen-bond acceptors (Lipinski definition) is 7. The van der Waals surface area contributed by atoms with E-state index in [4.69, 9.17) is 16.3 Å². The number of thioether (sulfide) groups is 1. The summed E-state index contributed by atoms with van der Waals surface area (Å²) in [6, 6.07) is 4.43. The van der Waals surface area contributed by atoms with Crippen LogP contribution in [0.15, 0.2) is 34.6 Å². The Hall–Kier alpha value is -1.82. The molecule has 9 nitrogen and oxygen atoms in total. The standard InChI is InChI=1S/C18H24ClN5O4S2/c1-2-28-16-6-5-14(10-15(16)19)30(26,27)24-8-3-4-13(11-24)17(25)20-7-9-29-18-21-12-22-23-18/h5-6,10,12-13H,2-4,7-9,11H2,1H3,(H,20,25)(H,21,22,23)/t13-/m0/s1. The van der Waals surface area contributed by atoms with E-state index >= 15 is 0 Å². The molecule has 1 aliphatic rings. The van der Waals surface area contributed by atoms with Crippen molar-refractivity contribution in [2.75, 3.05) is 32.0 Å². The number of rotatable bonds is 9. The third kappa shape index (κ3) is 5.65. The highest BCUT2D eigenvalue weighted by molar-refractivity contribution is 7.99. The second kappa shape index (κ2) is 10.5. The Morgan fingerprint density at radius 2 is 2.30 bits per heavy atom. The van der Waals surface area contributed by atoms with Gasteiger partial charge in [-0.2, -0.15) is 9.40 Å². The van der Waals surface area contributed by atoms with Crippen molar-refractivity contribution in [3.8, 4) is 5.75 Å². The lowest BCUT2D eigenvalue weighted by Gasteiger charge is -2.31. The van der Waals surface area contributed by atoms with Gasteiger partial charge in [-0.1, -0.05) is 23.4 Å². The number of aromatic nitrogens is 3. The number of nitrogens with one attached hydrogen (secondary N) is 2. The first-order valence-electron chi connectivity index (χ1n) is 9.60. The predicted molar refractivity (Wildman–Crippen MR) is 114 cm³/mol. The molecule has 2 heterocycles. The van der Waals surface area contributed by atoms with Crippen molar-refractivity contribution < 1.29 is 17.9 Å². The number of sulfonamides is 1. The molecule has 1 aromatic heterocycles. The third-order valence-electron chi connectivity index (χ3n) is 4.63. The van der Waals surface area contributed by atoms with Gasteiger partial charge in [0.05, 0.1) is 22.4 Å². The maximum atomic E-state index is 13.0. The van der Waals surface area contributed by atoms with Crippen molar-refractivity contribution in [2.45, 2.75) is 29.8 Å². The van der Waals surface area contributed by atoms with Crippen LogP contribution in [0.4, 0.5) is 0 Å². The Bertz CT molecular complexity index is 955. The Labute approximate surface area is 185 Å². The number of ether oxygens (including phenoxy) is 1. The summed E-state index contributed by atoms with van der Waals surface area (Å²) < 4.78 is 32.8. The van der Waals surface area contributed by atoms with Gasteiger partial charge in [-0.05, 0) is 38.0 Å². The Morgan fingerprint density at radius 3 is 3.00 bits per heavy atom. The monoisotopic (exact) mass is 473 g/mol. The molecule has 0 aliphatic carbocycles. The van der Waals surface area contributed by atoms with Crippen LogP contribution in [-0.4, -0.2) is 65.8 Å². The van der Waals surface area contributed by atoms with Crippen molar-refractivity contribution in [1.82, 2.24) is 24.8 Å². The van der Waals surface area contributed by atoms with Crippen LogP contribution in [0.1, 0.15) is 19.8 Å². The predicted octanol–water partition coefficient (Wildman–Crippen LogP) is 2.17. The van der Waals surface area contributed by atoms with Crippen LogP contribution in [0.5, 0.6) is 5.75 Å². The van der Waals surface area contributed by atoms with Gasteiger partial charge in [0.1, 0.15) is 12.1 Å². The molecule has 0 spiro atoms. The number of hydrogen-bond donors (Lipinski definition) is 2. The van der Waals surface area contributed by atoms with E-state index < -0.39 is 10.0 Å². The molecule has 1 aliphatic heterocycles. The fourth-order valence-electron chi connectivity index (χ4n) is 3.17. The molecule has 0 saturated carbocycles. The van der Waals surface area contributed by atoms with Crippen LogP contribution >= 0.6 is 23.4 Å². The van der Waals surface area contributed by atoms with E-state index in [9.17, 15) is 13.2 Å². The van der Waals surface area contributed by atoms with E-state index in [1.54, 1.807) is 6.07 Å². The first-order chi connectivity index (χ1) is 14.4. The molecule has 2 aromatic rings. The maximum Gasteiger partial charge on any atom is 0.243 e. The average Bonchev–Trinajstić information content (AvgIpc) is 3.26. The number of benzene rings is 1. The summed E-state index contributed by atoms with van der Waals surface area (Å²) >= 11 is 7.61. The topological polar surface area (TPSA) is 117 Å². The average molecular weight is 474 g/mol. The van der Waals surface area contributed by atoms with E-state index in [2.05, 4.69) is 20.5 Å². The molecule has 0 radical (unpaired) electrons. The van der Waals surface area contributed by atoms with Gasteiger partial charge in [0, 0.05) is 25.4 Å². The summed E-state index contributed by atoms with van der Waals surface area (Å²) in [6.45, 7) is 3.24. The van der Waals surface area contributed by atoms with Crippen molar-refractivity contribution in [3.05, 3.63) is 29.5 Å². The summed E-state index contributed by atoms with van der Waals surface area (Å²) in [7, 11) is -3.75. The SMILES string of the molecule is CCOc1ccc(S(=O)(=O)N2CCC[C@H](C(=O)NCCSc3ncn[nH]3)C2)cc1Cl. The zero-order valence-electron chi connectivity index (χ0n) is 16.5. The van der Waals surface area contributed by atoms with Crippen LogP contribution in [0.3, 0.4) is 0 Å². The van der Waals surface area contributed by atoms with Gasteiger partial charge >= 0.3 is 0 Å². The molecule has 1 saturated heterocycles. The number of piperidine rings is 1. The third-order valence-corrected chi connectivity index (χ3v) is 7.66. The number of aromatic amines is 1. The minimum atomic E-state index is -3.75. The molecule has 1 aromatic carbocycles. The summed E-state index contributed by atoms with van der Waals surface area (Å²) in [5, 5.41) is 10.3. The molecule has 12 heteroatoms. The second-order valence-corrected chi connectivity index (χ2v) is 10.1. The number of nitrogens with zero attached hydrogens (tertiary/aromatic N) is 3. The lowest BCUT2D eigenvalue weighted by molar-refractivity contribution is -0.125. The van der Waals surface area contributed by atoms with E-state index in [0.717, 1.165) is 0 Å². The summed E-state index contributed by atoms with van der Waals surface area (Å²) in [6.07, 6.45) is 2.70. The summed E-state index contributed by atoms with van der Waals surface area (Å²) in [5.41, 5.74) is 0. The summed E-state index contributed by atoms with van der Waals surface area (Å²) in [4.78, 5) is 16.6. The molecule has 1 atom stereocenters. The van der Waals surface area contributed by atoms with Crippen molar-refractivity contribution >= 4 is 39.3 Å². The van der Waals surface area contributed by atoms with Gasteiger partial charge in [-0.3, -0.25) is 9.89 Å². The van der Waals surface area contributed by atoms with Crippen molar-refractivity contribution in [1.29, 1.82) is 0 Å². The quantitative estimate of drug-likeness (QED) is 0.423. The Balaban J connectivity index is 1.57. The molecule has 1 fully saturated rings. The van der Waals surface area contributed by atoms with Crippen LogP contribution in [0.25, 0.3) is 0 Å². The van der Waals surface area contributed by atoms with Crippen molar-refractivity contribution in [2.24, 2.45) is 5.92 Å². The number of halogens is 1. The van der Waals surface area contributed by atoms with Gasteiger partial charge in [0.2, 0.25) is 15.9 Å². The fraction of sp³-hybridized carbons (Fsp3) is 0.500. The fourth-order valence-corrected chi connectivity index (χ4v) is 5.66. The zero-order chi connectivity index (χ0) is 21.6.